The number of hydrogen-bond acceptors (Lipinski definition) is 3. The number of halogens is 6. The van der Waals surface area contributed by atoms with Gasteiger partial charge in [0.05, 0.1) is 17.8 Å². The van der Waals surface area contributed by atoms with Crippen molar-refractivity contribution in [1.29, 1.82) is 0 Å². The third-order valence-corrected chi connectivity index (χ3v) is 3.31. The number of hydrogen-bond donors (Lipinski definition) is 2. The highest BCUT2D eigenvalue weighted by atomic mass is 19.4. The van der Waals surface area contributed by atoms with E-state index in [0.717, 1.165) is 30.3 Å². The van der Waals surface area contributed by atoms with Crippen molar-refractivity contribution in [1.82, 2.24) is 5.32 Å². The van der Waals surface area contributed by atoms with Crippen LogP contribution in [0.4, 0.5) is 32.0 Å². The zero-order chi connectivity index (χ0) is 20.9. The number of rotatable bonds is 6. The molecule has 0 bridgehead atoms. The highest BCUT2D eigenvalue weighted by Gasteiger charge is 2.30. The maximum absolute atomic E-state index is 13.4. The van der Waals surface area contributed by atoms with Gasteiger partial charge in [-0.15, -0.1) is 0 Å². The molecule has 2 N–H and O–H groups in total. The fraction of sp³-hybridized carbons (Fsp3) is 0.176. The topological polar surface area (TPSA) is 67.4 Å². The lowest BCUT2D eigenvalue weighted by molar-refractivity contribution is -0.137. The van der Waals surface area contributed by atoms with Crippen molar-refractivity contribution in [2.24, 2.45) is 0 Å². The van der Waals surface area contributed by atoms with Gasteiger partial charge in [-0.25, -0.2) is 13.2 Å². The number of amides is 2. The van der Waals surface area contributed by atoms with E-state index in [0.29, 0.717) is 6.07 Å². The zero-order valence-electron chi connectivity index (χ0n) is 13.9. The summed E-state index contributed by atoms with van der Waals surface area (Å²) in [7, 11) is 0. The van der Waals surface area contributed by atoms with Gasteiger partial charge in [-0.3, -0.25) is 9.59 Å². The van der Waals surface area contributed by atoms with E-state index in [9.17, 15) is 35.9 Å². The number of benzene rings is 2. The van der Waals surface area contributed by atoms with Crippen LogP contribution in [-0.4, -0.2) is 25.0 Å². The Morgan fingerprint density at radius 3 is 2.14 bits per heavy atom. The molecule has 0 fully saturated rings. The summed E-state index contributed by atoms with van der Waals surface area (Å²) < 4.78 is 81.5. The molecule has 2 aromatic carbocycles. The summed E-state index contributed by atoms with van der Waals surface area (Å²) in [6.07, 6.45) is -4.50. The van der Waals surface area contributed by atoms with Crippen molar-refractivity contribution in [3.63, 3.8) is 0 Å². The fourth-order valence-corrected chi connectivity index (χ4v) is 1.94. The van der Waals surface area contributed by atoms with Crippen molar-refractivity contribution in [3.05, 3.63) is 59.4 Å². The maximum Gasteiger partial charge on any atom is 0.416 e. The molecule has 0 aliphatic heterocycles. The van der Waals surface area contributed by atoms with E-state index in [1.807, 2.05) is 5.32 Å². The van der Waals surface area contributed by atoms with Crippen molar-refractivity contribution in [2.75, 3.05) is 18.5 Å². The van der Waals surface area contributed by atoms with Gasteiger partial charge in [-0.2, -0.15) is 13.2 Å². The smallest absolute Gasteiger partial charge is 0.416 e. The Morgan fingerprint density at radius 1 is 0.893 bits per heavy atom. The molecule has 5 nitrogen and oxygen atoms in total. The first-order valence-corrected chi connectivity index (χ1v) is 7.58. The van der Waals surface area contributed by atoms with E-state index in [-0.39, 0.29) is 5.75 Å². The van der Waals surface area contributed by atoms with Crippen LogP contribution in [0.3, 0.4) is 0 Å². The van der Waals surface area contributed by atoms with Crippen LogP contribution in [0.5, 0.6) is 5.75 Å². The second-order valence-corrected chi connectivity index (χ2v) is 5.36. The lowest BCUT2D eigenvalue weighted by atomic mass is 10.2. The average molecular weight is 406 g/mol. The summed E-state index contributed by atoms with van der Waals surface area (Å²) in [5.41, 5.74) is -1.50. The van der Waals surface area contributed by atoms with E-state index in [1.54, 1.807) is 0 Å². The van der Waals surface area contributed by atoms with Gasteiger partial charge in [0, 0.05) is 0 Å². The fourth-order valence-electron chi connectivity index (χ4n) is 1.94. The second kappa shape index (κ2) is 8.63. The lowest BCUT2D eigenvalue weighted by Gasteiger charge is -2.10. The minimum absolute atomic E-state index is 0.00328. The van der Waals surface area contributed by atoms with Gasteiger partial charge in [0.25, 0.3) is 5.91 Å². The molecule has 11 heteroatoms. The number of ether oxygens (including phenoxy) is 1. The van der Waals surface area contributed by atoms with Crippen LogP contribution in [0.15, 0.2) is 36.4 Å². The molecule has 0 heterocycles. The van der Waals surface area contributed by atoms with Crippen LogP contribution in [0.25, 0.3) is 0 Å². The van der Waals surface area contributed by atoms with Crippen molar-refractivity contribution >= 4 is 17.5 Å². The Kier molecular flexibility index (Phi) is 6.49. The van der Waals surface area contributed by atoms with Gasteiger partial charge >= 0.3 is 6.18 Å². The Bertz CT molecular complexity index is 868. The summed E-state index contributed by atoms with van der Waals surface area (Å²) in [6, 6.07) is 5.02. The van der Waals surface area contributed by atoms with Crippen molar-refractivity contribution in [2.45, 2.75) is 6.18 Å². The Morgan fingerprint density at radius 2 is 1.54 bits per heavy atom. The van der Waals surface area contributed by atoms with Crippen molar-refractivity contribution < 1.29 is 40.7 Å². The molecule has 28 heavy (non-hydrogen) atoms. The minimum atomic E-state index is -4.50. The predicted molar refractivity (Wildman–Crippen MR) is 84.9 cm³/mol. The highest BCUT2D eigenvalue weighted by molar-refractivity contribution is 5.94. The maximum atomic E-state index is 13.4. The number of alkyl halides is 3. The summed E-state index contributed by atoms with van der Waals surface area (Å²) in [6.45, 7) is -1.23. The second-order valence-electron chi connectivity index (χ2n) is 5.36. The van der Waals surface area contributed by atoms with Gasteiger partial charge in [-0.05, 0) is 36.4 Å². The standard InChI is InChI=1S/C17H12F6N2O3/c18-11-5-6-12(16(20)15(11)19)25-13(26)7-24-14(27)8-28-10-3-1-9(2-4-10)17(21,22)23/h1-6H,7-8H2,(H,24,27)(H,25,26). The number of carbonyl (C=O) groups is 2. The summed E-state index contributed by atoms with van der Waals surface area (Å²) >= 11 is 0. The summed E-state index contributed by atoms with van der Waals surface area (Å²) in [4.78, 5) is 23.2. The average Bonchev–Trinajstić information content (AvgIpc) is 2.65. The van der Waals surface area contributed by atoms with Crippen LogP contribution >= 0.6 is 0 Å². The Hall–Kier alpha value is -3.24. The van der Waals surface area contributed by atoms with Crippen LogP contribution in [0.1, 0.15) is 5.56 Å². The molecule has 0 radical (unpaired) electrons. The summed E-state index contributed by atoms with van der Waals surface area (Å²) in [5, 5.41) is 4.05. The van der Waals surface area contributed by atoms with E-state index in [1.165, 1.54) is 0 Å². The predicted octanol–water partition coefficient (Wildman–Crippen LogP) is 3.26. The normalized spacial score (nSPS) is 11.1. The third-order valence-electron chi connectivity index (χ3n) is 3.31. The minimum Gasteiger partial charge on any atom is -0.484 e. The Balaban J connectivity index is 1.79. The monoisotopic (exact) mass is 406 g/mol. The molecule has 0 spiro atoms. The van der Waals surface area contributed by atoms with Crippen molar-refractivity contribution in [3.8, 4) is 5.75 Å². The number of nitrogens with one attached hydrogen (secondary N) is 2. The molecule has 0 unspecified atom stereocenters. The molecule has 150 valence electrons. The molecule has 2 rings (SSSR count). The van der Waals surface area contributed by atoms with Crippen LogP contribution in [0.2, 0.25) is 0 Å². The highest BCUT2D eigenvalue weighted by Crippen LogP contribution is 2.30. The molecule has 0 aliphatic carbocycles. The lowest BCUT2D eigenvalue weighted by Crippen LogP contribution is -2.36. The molecule has 2 amide bonds. The quantitative estimate of drug-likeness (QED) is 0.572. The van der Waals surface area contributed by atoms with Gasteiger partial charge in [0.15, 0.2) is 24.1 Å². The van der Waals surface area contributed by atoms with Crippen LogP contribution in [-0.2, 0) is 15.8 Å². The SMILES string of the molecule is O=C(COc1ccc(C(F)(F)F)cc1)NCC(=O)Nc1ccc(F)c(F)c1F. The molecular weight excluding hydrogens is 394 g/mol. The van der Waals surface area contributed by atoms with Crippen LogP contribution in [0, 0.1) is 17.5 Å². The third kappa shape index (κ3) is 5.63. The van der Waals surface area contributed by atoms with Crippen LogP contribution < -0.4 is 15.4 Å². The zero-order valence-corrected chi connectivity index (χ0v) is 13.9. The van der Waals surface area contributed by atoms with E-state index in [2.05, 4.69) is 5.32 Å². The van der Waals surface area contributed by atoms with E-state index >= 15 is 0 Å². The number of carbonyl (C=O) groups excluding carboxylic acids is 2. The van der Waals surface area contributed by atoms with E-state index in [4.69, 9.17) is 4.74 Å². The number of anilines is 1. The van der Waals surface area contributed by atoms with Gasteiger partial charge in [0.1, 0.15) is 5.75 Å². The first-order valence-electron chi connectivity index (χ1n) is 7.58. The molecular formula is C17H12F6N2O3. The van der Waals surface area contributed by atoms with Gasteiger partial charge in [-0.1, -0.05) is 0 Å². The Labute approximate surface area is 154 Å². The molecule has 0 saturated carbocycles. The molecule has 0 saturated heterocycles. The van der Waals surface area contributed by atoms with Gasteiger partial charge in [0.2, 0.25) is 5.91 Å². The molecule has 0 aliphatic rings. The van der Waals surface area contributed by atoms with Gasteiger partial charge < -0.3 is 15.4 Å². The molecule has 2 aromatic rings. The summed E-state index contributed by atoms with van der Waals surface area (Å²) in [5.74, 6) is -6.49. The largest absolute Gasteiger partial charge is 0.484 e. The molecule has 0 aromatic heterocycles. The first kappa shape index (κ1) is 21.1. The molecule has 0 atom stereocenters. The first-order chi connectivity index (χ1) is 13.1. The van der Waals surface area contributed by atoms with E-state index < -0.39 is 59.8 Å².